The third-order valence-corrected chi connectivity index (χ3v) is 3.98. The molecule has 7 nitrogen and oxygen atoms in total. The topological polar surface area (TPSA) is 90.7 Å². The molecule has 0 saturated carbocycles. The van der Waals surface area contributed by atoms with Crippen LogP contribution in [0, 0.1) is 16.0 Å². The van der Waals surface area contributed by atoms with Crippen molar-refractivity contribution < 1.29 is 19.2 Å². The number of ether oxygens (including phenoxy) is 2. The summed E-state index contributed by atoms with van der Waals surface area (Å²) < 4.78 is 10.8. The number of nitro benzene ring substituents is 1. The minimum Gasteiger partial charge on any atom is -0.464 e. The van der Waals surface area contributed by atoms with Crippen molar-refractivity contribution >= 4 is 17.3 Å². The van der Waals surface area contributed by atoms with Crippen molar-refractivity contribution in [3.8, 4) is 0 Å². The zero-order valence-corrected chi connectivity index (χ0v) is 11.6. The van der Waals surface area contributed by atoms with Crippen LogP contribution in [0.25, 0.3) is 0 Å². The first-order valence-corrected chi connectivity index (χ1v) is 6.95. The van der Waals surface area contributed by atoms with E-state index in [2.05, 4.69) is 5.32 Å². The second-order valence-corrected chi connectivity index (χ2v) is 5.12. The summed E-state index contributed by atoms with van der Waals surface area (Å²) in [5, 5.41) is 14.2. The van der Waals surface area contributed by atoms with Crippen LogP contribution in [-0.4, -0.2) is 30.1 Å². The summed E-state index contributed by atoms with van der Waals surface area (Å²) in [5.74, 6) is -0.444. The van der Waals surface area contributed by atoms with Gasteiger partial charge in [-0.1, -0.05) is 12.1 Å². The average molecular weight is 292 g/mol. The second-order valence-electron chi connectivity index (χ2n) is 5.12. The van der Waals surface area contributed by atoms with E-state index in [0.29, 0.717) is 12.3 Å². The van der Waals surface area contributed by atoms with E-state index >= 15 is 0 Å². The Morgan fingerprint density at radius 3 is 3.10 bits per heavy atom. The van der Waals surface area contributed by atoms with Crippen molar-refractivity contribution in [2.24, 2.45) is 5.92 Å². The minimum atomic E-state index is -0.606. The van der Waals surface area contributed by atoms with Gasteiger partial charge in [0.25, 0.3) is 5.69 Å². The molecular formula is C14H16N2O5. The van der Waals surface area contributed by atoms with Crippen LogP contribution in [0.3, 0.4) is 0 Å². The van der Waals surface area contributed by atoms with Crippen molar-refractivity contribution in [2.75, 3.05) is 18.5 Å². The van der Waals surface area contributed by atoms with Gasteiger partial charge in [-0.15, -0.1) is 0 Å². The lowest BCUT2D eigenvalue weighted by Gasteiger charge is -2.34. The van der Waals surface area contributed by atoms with Gasteiger partial charge in [-0.25, -0.2) is 4.79 Å². The molecule has 1 aromatic carbocycles. The third kappa shape index (κ3) is 2.23. The zero-order chi connectivity index (χ0) is 15.0. The van der Waals surface area contributed by atoms with Gasteiger partial charge in [-0.3, -0.25) is 10.1 Å². The van der Waals surface area contributed by atoms with Gasteiger partial charge < -0.3 is 14.8 Å². The number of rotatable bonds is 3. The Kier molecular flexibility index (Phi) is 3.50. The summed E-state index contributed by atoms with van der Waals surface area (Å²) in [6.45, 7) is 2.55. The van der Waals surface area contributed by atoms with Gasteiger partial charge in [0, 0.05) is 24.2 Å². The van der Waals surface area contributed by atoms with Crippen molar-refractivity contribution in [3.63, 3.8) is 0 Å². The number of hydrogen-bond acceptors (Lipinski definition) is 6. The van der Waals surface area contributed by atoms with Crippen LogP contribution in [0.5, 0.6) is 0 Å². The molecule has 1 fully saturated rings. The lowest BCUT2D eigenvalue weighted by Crippen LogP contribution is -2.43. The molecule has 21 heavy (non-hydrogen) atoms. The Hall–Kier alpha value is -2.15. The highest BCUT2D eigenvalue weighted by molar-refractivity contribution is 5.84. The number of nitrogens with one attached hydrogen (secondary N) is 1. The molecule has 0 bridgehead atoms. The Morgan fingerprint density at radius 2 is 2.38 bits per heavy atom. The number of carbonyl (C=O) groups is 1. The predicted octanol–water partition coefficient (Wildman–Crippen LogP) is 2.03. The molecule has 7 heteroatoms. The van der Waals surface area contributed by atoms with Crippen LogP contribution >= 0.6 is 0 Å². The fourth-order valence-electron chi connectivity index (χ4n) is 3.10. The largest absolute Gasteiger partial charge is 0.464 e. The number of anilines is 1. The van der Waals surface area contributed by atoms with Crippen LogP contribution < -0.4 is 5.32 Å². The van der Waals surface area contributed by atoms with Gasteiger partial charge >= 0.3 is 5.97 Å². The maximum atomic E-state index is 12.1. The average Bonchev–Trinajstić information content (AvgIpc) is 2.95. The Morgan fingerprint density at radius 1 is 1.57 bits per heavy atom. The quantitative estimate of drug-likeness (QED) is 0.521. The SMILES string of the molecule is CCOC(=O)[C@@H]1Nc2c(cccc2[N+](=O)[O-])C2OCC[C@H]21. The highest BCUT2D eigenvalue weighted by Crippen LogP contribution is 2.47. The fraction of sp³-hybridized carbons (Fsp3) is 0.500. The highest BCUT2D eigenvalue weighted by atomic mass is 16.6. The third-order valence-electron chi connectivity index (χ3n) is 3.98. The monoisotopic (exact) mass is 292 g/mol. The molecule has 1 aromatic rings. The lowest BCUT2D eigenvalue weighted by atomic mass is 9.84. The standard InChI is InChI=1S/C14H16N2O5/c1-2-20-14(17)12-9-6-7-21-13(9)8-4-3-5-10(16(18)19)11(8)15-12/h3-5,9,12-13,15H,2,6-7H2,1H3/t9-,12+,13?/m0/s1. The Labute approximate surface area is 121 Å². The molecule has 2 aliphatic rings. The maximum absolute atomic E-state index is 12.1. The number of fused-ring (bicyclic) bond motifs is 3. The van der Waals surface area contributed by atoms with E-state index in [4.69, 9.17) is 9.47 Å². The van der Waals surface area contributed by atoms with E-state index in [0.717, 1.165) is 12.0 Å². The summed E-state index contributed by atoms with van der Waals surface area (Å²) in [6, 6.07) is 4.26. The van der Waals surface area contributed by atoms with Crippen LogP contribution in [-0.2, 0) is 14.3 Å². The molecule has 112 valence electrons. The van der Waals surface area contributed by atoms with E-state index < -0.39 is 11.0 Å². The van der Waals surface area contributed by atoms with Gasteiger partial charge in [0.05, 0.1) is 17.6 Å². The van der Waals surface area contributed by atoms with E-state index in [1.165, 1.54) is 6.07 Å². The first-order valence-electron chi connectivity index (χ1n) is 6.95. The van der Waals surface area contributed by atoms with Crippen molar-refractivity contribution in [2.45, 2.75) is 25.5 Å². The first-order chi connectivity index (χ1) is 10.1. The molecule has 1 unspecified atom stereocenters. The minimum absolute atomic E-state index is 0.0456. The second kappa shape index (κ2) is 5.33. The smallest absolute Gasteiger partial charge is 0.328 e. The van der Waals surface area contributed by atoms with Gasteiger partial charge in [-0.05, 0) is 13.3 Å². The molecular weight excluding hydrogens is 276 g/mol. The highest BCUT2D eigenvalue weighted by Gasteiger charge is 2.46. The van der Waals surface area contributed by atoms with E-state index in [1.54, 1.807) is 19.1 Å². The van der Waals surface area contributed by atoms with Gasteiger partial charge in [0.15, 0.2) is 0 Å². The number of esters is 1. The molecule has 3 rings (SSSR count). The first kappa shape index (κ1) is 13.8. The van der Waals surface area contributed by atoms with E-state index in [9.17, 15) is 14.9 Å². The Balaban J connectivity index is 2.04. The summed E-state index contributed by atoms with van der Waals surface area (Å²) >= 11 is 0. The molecule has 1 saturated heterocycles. The molecule has 0 aliphatic carbocycles. The van der Waals surface area contributed by atoms with Crippen molar-refractivity contribution in [1.29, 1.82) is 0 Å². The zero-order valence-electron chi connectivity index (χ0n) is 11.6. The van der Waals surface area contributed by atoms with E-state index in [-0.39, 0.29) is 30.3 Å². The van der Waals surface area contributed by atoms with Gasteiger partial charge in [0.2, 0.25) is 0 Å². The van der Waals surface area contributed by atoms with Crippen LogP contribution in [0.15, 0.2) is 18.2 Å². The molecule has 0 aromatic heterocycles. The summed E-state index contributed by atoms with van der Waals surface area (Å²) in [6.07, 6.45) is 0.430. The molecule has 0 spiro atoms. The lowest BCUT2D eigenvalue weighted by molar-refractivity contribution is -0.384. The molecule has 3 atom stereocenters. The van der Waals surface area contributed by atoms with E-state index in [1.807, 2.05) is 0 Å². The Bertz CT molecular complexity index is 589. The number of nitro groups is 1. The molecule has 0 radical (unpaired) electrons. The summed E-state index contributed by atoms with van der Waals surface area (Å²) in [7, 11) is 0. The number of carbonyl (C=O) groups excluding carboxylic acids is 1. The summed E-state index contributed by atoms with van der Waals surface area (Å²) in [4.78, 5) is 22.8. The number of benzene rings is 1. The normalized spacial score (nSPS) is 26.4. The molecule has 1 N–H and O–H groups in total. The fourth-order valence-corrected chi connectivity index (χ4v) is 3.10. The number of hydrogen-bond donors (Lipinski definition) is 1. The molecule has 0 amide bonds. The maximum Gasteiger partial charge on any atom is 0.328 e. The van der Waals surface area contributed by atoms with Gasteiger partial charge in [0.1, 0.15) is 11.7 Å². The van der Waals surface area contributed by atoms with Crippen LogP contribution in [0.2, 0.25) is 0 Å². The predicted molar refractivity (Wildman–Crippen MR) is 73.9 cm³/mol. The number of nitrogens with zero attached hydrogens (tertiary/aromatic N) is 1. The number of para-hydroxylation sites is 1. The van der Waals surface area contributed by atoms with Crippen molar-refractivity contribution in [1.82, 2.24) is 0 Å². The molecule has 2 aliphatic heterocycles. The summed E-state index contributed by atoms with van der Waals surface area (Å²) in [5.41, 5.74) is 1.06. The van der Waals surface area contributed by atoms with Crippen LogP contribution in [0.4, 0.5) is 11.4 Å². The molecule has 2 heterocycles. The van der Waals surface area contributed by atoms with Gasteiger partial charge in [-0.2, -0.15) is 0 Å². The van der Waals surface area contributed by atoms with Crippen molar-refractivity contribution in [3.05, 3.63) is 33.9 Å². The van der Waals surface area contributed by atoms with Crippen LogP contribution in [0.1, 0.15) is 25.0 Å².